The van der Waals surface area contributed by atoms with Gasteiger partial charge in [0.2, 0.25) is 16.1 Å². The van der Waals surface area contributed by atoms with E-state index in [1.807, 2.05) is 49.4 Å². The van der Waals surface area contributed by atoms with Gasteiger partial charge in [-0.3, -0.25) is 4.79 Å². The van der Waals surface area contributed by atoms with Gasteiger partial charge < -0.3 is 15.2 Å². The molecule has 0 fully saturated rings. The molecule has 0 bridgehead atoms. The Morgan fingerprint density at radius 1 is 0.917 bits per heavy atom. The van der Waals surface area contributed by atoms with Crippen LogP contribution in [0.4, 0.5) is 0 Å². The molecule has 0 saturated heterocycles. The minimum Gasteiger partial charge on any atom is -0.477 e. The highest BCUT2D eigenvalue weighted by atomic mass is 32.2. The normalized spacial score (nSPS) is 9.38. The van der Waals surface area contributed by atoms with Crippen LogP contribution in [0.15, 0.2) is 42.5 Å². The van der Waals surface area contributed by atoms with Gasteiger partial charge in [-0.25, -0.2) is 9.59 Å². The minimum atomic E-state index is -3.20. The van der Waals surface area contributed by atoms with Crippen molar-refractivity contribution in [3.8, 4) is 0 Å². The van der Waals surface area contributed by atoms with Gasteiger partial charge in [-0.15, -0.1) is 0 Å². The zero-order chi connectivity index (χ0) is 18.3. The Labute approximate surface area is 137 Å². The number of carbonyl (C=O) groups is 3. The second kappa shape index (κ2) is 8.44. The summed E-state index contributed by atoms with van der Waals surface area (Å²) in [4.78, 5) is 32.8. The molecule has 0 saturated carbocycles. The van der Waals surface area contributed by atoms with Crippen LogP contribution in [0.3, 0.4) is 0 Å². The summed E-state index contributed by atoms with van der Waals surface area (Å²) in [5.41, 5.74) is 2.37. The molecule has 1 aromatic carbocycles. The molecule has 1 aromatic heterocycles. The number of aromatic nitrogens is 1. The number of carboxylic acids is 2. The van der Waals surface area contributed by atoms with E-state index in [1.165, 1.54) is 0 Å². The van der Waals surface area contributed by atoms with Crippen molar-refractivity contribution in [3.05, 3.63) is 59.4 Å². The van der Waals surface area contributed by atoms with Crippen molar-refractivity contribution in [1.29, 1.82) is 0 Å². The van der Waals surface area contributed by atoms with Crippen molar-refractivity contribution in [2.24, 2.45) is 0 Å². The molecule has 3 N–H and O–H groups in total. The fourth-order valence-electron chi connectivity index (χ4n) is 1.62. The van der Waals surface area contributed by atoms with Crippen molar-refractivity contribution in [1.82, 2.24) is 4.98 Å². The third-order valence-corrected chi connectivity index (χ3v) is 3.35. The molecule has 0 unspecified atom stereocenters. The van der Waals surface area contributed by atoms with Gasteiger partial charge in [0, 0.05) is 11.3 Å². The molecular weight excluding hydrogens is 338 g/mol. The first-order valence-corrected chi connectivity index (χ1v) is 7.49. The maximum absolute atomic E-state index is 11.8. The standard InChI is InChI=1S/C12H11NO.C3H2O6S/c1-9-7-8-11(13-9)12(14)10-5-3-2-4-6-10;4-2(5)1(3(6)7)10(8)9/h2-8,13H,1H3;(H,4,5)(H,6,7). The first-order chi connectivity index (χ1) is 11.2. The quantitative estimate of drug-likeness (QED) is 0.419. The maximum Gasteiger partial charge on any atom is 0.359 e. The Hall–Kier alpha value is -3.20. The summed E-state index contributed by atoms with van der Waals surface area (Å²) in [6.07, 6.45) is 0. The molecule has 0 aliphatic heterocycles. The zero-order valence-electron chi connectivity index (χ0n) is 12.4. The lowest BCUT2D eigenvalue weighted by Crippen LogP contribution is -2.23. The van der Waals surface area contributed by atoms with Gasteiger partial charge in [-0.05, 0) is 19.1 Å². The molecule has 24 heavy (non-hydrogen) atoms. The number of hydrogen-bond acceptors (Lipinski definition) is 5. The van der Waals surface area contributed by atoms with Crippen molar-refractivity contribution >= 4 is 32.9 Å². The average molecular weight is 351 g/mol. The Balaban J connectivity index is 0.000000257. The van der Waals surface area contributed by atoms with Gasteiger partial charge in [-0.2, -0.15) is 8.42 Å². The largest absolute Gasteiger partial charge is 0.477 e. The molecule has 0 radical (unpaired) electrons. The molecule has 126 valence electrons. The smallest absolute Gasteiger partial charge is 0.359 e. The average Bonchev–Trinajstić information content (AvgIpc) is 2.93. The number of hydrogen-bond donors (Lipinski definition) is 3. The van der Waals surface area contributed by atoms with Crippen LogP contribution in [-0.4, -0.2) is 46.2 Å². The highest BCUT2D eigenvalue weighted by Crippen LogP contribution is 2.08. The number of aliphatic carboxylic acids is 2. The van der Waals surface area contributed by atoms with E-state index in [0.29, 0.717) is 11.3 Å². The molecule has 0 amide bonds. The summed E-state index contributed by atoms with van der Waals surface area (Å²) in [5, 5.41) is 15.8. The van der Waals surface area contributed by atoms with Crippen LogP contribution in [0.5, 0.6) is 0 Å². The van der Waals surface area contributed by atoms with Gasteiger partial charge >= 0.3 is 11.9 Å². The van der Waals surface area contributed by atoms with Gasteiger partial charge in [-0.1, -0.05) is 30.3 Å². The van der Waals surface area contributed by atoms with Crippen molar-refractivity contribution < 1.29 is 33.0 Å². The van der Waals surface area contributed by atoms with E-state index in [-0.39, 0.29) is 5.78 Å². The third-order valence-electron chi connectivity index (χ3n) is 2.67. The number of aryl methyl sites for hydroxylation is 1. The van der Waals surface area contributed by atoms with Crippen LogP contribution in [0.25, 0.3) is 0 Å². The highest BCUT2D eigenvalue weighted by Gasteiger charge is 2.19. The van der Waals surface area contributed by atoms with E-state index >= 15 is 0 Å². The van der Waals surface area contributed by atoms with Crippen LogP contribution in [0, 0.1) is 6.92 Å². The first-order valence-electron chi connectivity index (χ1n) is 6.42. The molecule has 1 heterocycles. The SMILES string of the molecule is Cc1ccc(C(=O)c2ccccc2)[nH]1.O=C(O)C(C(=O)O)=S(=O)=O. The van der Waals surface area contributed by atoms with Gasteiger partial charge in [0.1, 0.15) is 0 Å². The van der Waals surface area contributed by atoms with Crippen molar-refractivity contribution in [2.75, 3.05) is 0 Å². The van der Waals surface area contributed by atoms with Crippen molar-refractivity contribution in [3.63, 3.8) is 0 Å². The molecule has 2 rings (SSSR count). The lowest BCUT2D eigenvalue weighted by atomic mass is 10.1. The lowest BCUT2D eigenvalue weighted by Gasteiger charge is -1.96. The number of rotatable bonds is 4. The van der Waals surface area contributed by atoms with E-state index in [1.54, 1.807) is 0 Å². The Morgan fingerprint density at radius 2 is 1.46 bits per heavy atom. The van der Waals surface area contributed by atoms with E-state index in [2.05, 4.69) is 4.98 Å². The Kier molecular flexibility index (Phi) is 6.63. The molecule has 8 nitrogen and oxygen atoms in total. The number of carbonyl (C=O) groups excluding carboxylic acids is 1. The Bertz CT molecular complexity index is 871. The zero-order valence-corrected chi connectivity index (χ0v) is 13.2. The van der Waals surface area contributed by atoms with Crippen LogP contribution in [-0.2, 0) is 19.9 Å². The van der Waals surface area contributed by atoms with Gasteiger partial charge in [0.25, 0.3) is 4.86 Å². The lowest BCUT2D eigenvalue weighted by molar-refractivity contribution is -0.134. The second-order valence-electron chi connectivity index (χ2n) is 4.42. The monoisotopic (exact) mass is 351 g/mol. The number of H-pyrrole nitrogens is 1. The second-order valence-corrected chi connectivity index (χ2v) is 5.30. The first kappa shape index (κ1) is 18.8. The van der Waals surface area contributed by atoms with Gasteiger partial charge in [0.15, 0.2) is 0 Å². The van der Waals surface area contributed by atoms with Crippen LogP contribution >= 0.6 is 0 Å². The number of ketones is 1. The highest BCUT2D eigenvalue weighted by molar-refractivity contribution is 7.76. The van der Waals surface area contributed by atoms with Crippen LogP contribution in [0.1, 0.15) is 21.7 Å². The summed E-state index contributed by atoms with van der Waals surface area (Å²) in [6.45, 7) is 1.93. The summed E-state index contributed by atoms with van der Waals surface area (Å²) >= 11 is 0. The minimum absolute atomic E-state index is 0.0405. The molecular formula is C15H13NO7S. The molecule has 2 aromatic rings. The molecule has 0 spiro atoms. The molecule has 0 atom stereocenters. The maximum atomic E-state index is 11.8. The molecule has 0 aliphatic carbocycles. The molecule has 9 heteroatoms. The van der Waals surface area contributed by atoms with E-state index in [4.69, 9.17) is 10.2 Å². The predicted octanol–water partition coefficient (Wildman–Crippen LogP) is 0.761. The third kappa shape index (κ3) is 5.21. The van der Waals surface area contributed by atoms with Gasteiger partial charge in [0.05, 0.1) is 5.69 Å². The van der Waals surface area contributed by atoms with E-state index in [9.17, 15) is 22.8 Å². The Morgan fingerprint density at radius 3 is 1.79 bits per heavy atom. The van der Waals surface area contributed by atoms with E-state index in [0.717, 1.165) is 5.69 Å². The number of carboxylic acid groups (broad SMARTS) is 2. The molecule has 0 aliphatic rings. The number of benzene rings is 1. The summed E-state index contributed by atoms with van der Waals surface area (Å²) in [5.74, 6) is -3.90. The fraction of sp³-hybridized carbons (Fsp3) is 0.0667. The fourth-order valence-corrected chi connectivity index (χ4v) is 1.90. The van der Waals surface area contributed by atoms with E-state index < -0.39 is 27.1 Å². The summed E-state index contributed by atoms with van der Waals surface area (Å²) < 4.78 is 19.6. The summed E-state index contributed by atoms with van der Waals surface area (Å²) in [6, 6.07) is 13.0. The topological polar surface area (TPSA) is 142 Å². The summed E-state index contributed by atoms with van der Waals surface area (Å²) in [7, 11) is -3.20. The predicted molar refractivity (Wildman–Crippen MR) is 84.6 cm³/mol. The number of nitrogens with one attached hydrogen (secondary N) is 1. The van der Waals surface area contributed by atoms with Crippen molar-refractivity contribution in [2.45, 2.75) is 6.92 Å². The van der Waals surface area contributed by atoms with Crippen LogP contribution in [0.2, 0.25) is 0 Å². The number of aromatic amines is 1. The van der Waals surface area contributed by atoms with Crippen LogP contribution < -0.4 is 0 Å².